The minimum absolute atomic E-state index is 0.106. The molecule has 8 heteroatoms. The van der Waals surface area contributed by atoms with Crippen LogP contribution in [0.3, 0.4) is 0 Å². The second-order valence-electron chi connectivity index (χ2n) is 7.84. The predicted octanol–water partition coefficient (Wildman–Crippen LogP) is 5.92. The molecule has 36 heavy (non-hydrogen) atoms. The van der Waals surface area contributed by atoms with E-state index < -0.39 is 5.91 Å². The Bertz CT molecular complexity index is 1330. The molecule has 0 heterocycles. The largest absolute Gasteiger partial charge is 0.490 e. The monoisotopic (exact) mass is 503 g/mol. The van der Waals surface area contributed by atoms with Gasteiger partial charge in [0.25, 0.3) is 11.8 Å². The molecule has 0 aliphatic carbocycles. The SMILES string of the molecule is CCOc1cc(/C=C(\C#N)C(=O)Nc2cccc(C)c2C)cc(Cl)c1OCC(=O)Nc1ccccc1. The van der Waals surface area contributed by atoms with Crippen LogP contribution >= 0.6 is 11.6 Å². The number of anilines is 2. The van der Waals surface area contributed by atoms with Crippen molar-refractivity contribution in [3.63, 3.8) is 0 Å². The first-order valence-electron chi connectivity index (χ1n) is 11.3. The van der Waals surface area contributed by atoms with Crippen molar-refractivity contribution in [2.24, 2.45) is 0 Å². The summed E-state index contributed by atoms with van der Waals surface area (Å²) in [6.07, 6.45) is 1.42. The maximum Gasteiger partial charge on any atom is 0.266 e. The third kappa shape index (κ3) is 6.87. The van der Waals surface area contributed by atoms with Gasteiger partial charge in [0.2, 0.25) is 0 Å². The Morgan fingerprint density at radius 1 is 1.03 bits per heavy atom. The summed E-state index contributed by atoms with van der Waals surface area (Å²) >= 11 is 6.44. The van der Waals surface area contributed by atoms with Gasteiger partial charge in [0.05, 0.1) is 11.6 Å². The number of aryl methyl sites for hydroxylation is 1. The number of halogens is 1. The van der Waals surface area contributed by atoms with Crippen LogP contribution in [0.1, 0.15) is 23.6 Å². The smallest absolute Gasteiger partial charge is 0.266 e. The molecule has 0 spiro atoms. The first kappa shape index (κ1) is 26.3. The van der Waals surface area contributed by atoms with Crippen molar-refractivity contribution in [1.29, 1.82) is 5.26 Å². The fourth-order valence-corrected chi connectivity index (χ4v) is 3.60. The van der Waals surface area contributed by atoms with Crippen LogP contribution in [0.25, 0.3) is 6.08 Å². The second-order valence-corrected chi connectivity index (χ2v) is 8.24. The Morgan fingerprint density at radius 3 is 2.47 bits per heavy atom. The van der Waals surface area contributed by atoms with Gasteiger partial charge >= 0.3 is 0 Å². The summed E-state index contributed by atoms with van der Waals surface area (Å²) in [5.74, 6) is -0.426. The molecule has 0 unspecified atom stereocenters. The third-order valence-corrected chi connectivity index (χ3v) is 5.55. The maximum atomic E-state index is 12.8. The van der Waals surface area contributed by atoms with Gasteiger partial charge in [0.15, 0.2) is 18.1 Å². The summed E-state index contributed by atoms with van der Waals surface area (Å²) < 4.78 is 11.3. The van der Waals surface area contributed by atoms with Crippen molar-refractivity contribution in [1.82, 2.24) is 0 Å². The third-order valence-electron chi connectivity index (χ3n) is 5.27. The summed E-state index contributed by atoms with van der Waals surface area (Å²) in [7, 11) is 0. The molecule has 2 amide bonds. The summed E-state index contributed by atoms with van der Waals surface area (Å²) in [5, 5.41) is 15.3. The van der Waals surface area contributed by atoms with Gasteiger partial charge in [-0.2, -0.15) is 5.26 Å². The average molecular weight is 504 g/mol. The van der Waals surface area contributed by atoms with Gasteiger partial charge in [-0.05, 0) is 73.9 Å². The quantitative estimate of drug-likeness (QED) is 0.279. The molecule has 0 fully saturated rings. The number of carbonyl (C=O) groups excluding carboxylic acids is 2. The lowest BCUT2D eigenvalue weighted by Gasteiger charge is -2.15. The van der Waals surface area contributed by atoms with E-state index >= 15 is 0 Å². The van der Waals surface area contributed by atoms with Gasteiger partial charge < -0.3 is 20.1 Å². The number of nitriles is 1. The first-order chi connectivity index (χ1) is 17.3. The highest BCUT2D eigenvalue weighted by molar-refractivity contribution is 6.32. The van der Waals surface area contributed by atoms with Gasteiger partial charge in [-0.25, -0.2) is 0 Å². The van der Waals surface area contributed by atoms with Crippen molar-refractivity contribution in [2.75, 3.05) is 23.8 Å². The lowest BCUT2D eigenvalue weighted by Crippen LogP contribution is -2.20. The van der Waals surface area contributed by atoms with Crippen LogP contribution in [-0.2, 0) is 9.59 Å². The molecule has 7 nitrogen and oxygen atoms in total. The van der Waals surface area contributed by atoms with E-state index in [4.69, 9.17) is 21.1 Å². The summed E-state index contributed by atoms with van der Waals surface area (Å²) in [5.41, 5.74) is 3.58. The molecule has 0 bridgehead atoms. The fourth-order valence-electron chi connectivity index (χ4n) is 3.32. The number of hydrogen-bond donors (Lipinski definition) is 2. The van der Waals surface area contributed by atoms with Gasteiger partial charge in [-0.15, -0.1) is 0 Å². The zero-order valence-electron chi connectivity index (χ0n) is 20.2. The number of ether oxygens (including phenoxy) is 2. The van der Waals surface area contributed by atoms with E-state index in [2.05, 4.69) is 10.6 Å². The molecule has 0 atom stereocenters. The van der Waals surface area contributed by atoms with Crippen LogP contribution in [0, 0.1) is 25.2 Å². The summed E-state index contributed by atoms with van der Waals surface area (Å²) in [6, 6.07) is 19.6. The minimum atomic E-state index is -0.543. The Labute approximate surface area is 215 Å². The highest BCUT2D eigenvalue weighted by atomic mass is 35.5. The average Bonchev–Trinajstić information content (AvgIpc) is 2.85. The molecule has 0 aliphatic heterocycles. The van der Waals surface area contributed by atoms with E-state index in [1.54, 1.807) is 31.2 Å². The molecule has 3 aromatic carbocycles. The van der Waals surface area contributed by atoms with Crippen LogP contribution in [-0.4, -0.2) is 25.0 Å². The predicted molar refractivity (Wildman–Crippen MR) is 141 cm³/mol. The van der Waals surface area contributed by atoms with E-state index in [0.29, 0.717) is 23.5 Å². The number of para-hydroxylation sites is 1. The van der Waals surface area contributed by atoms with Crippen LogP contribution in [0.15, 0.2) is 66.2 Å². The molecule has 3 rings (SSSR count). The van der Waals surface area contributed by atoms with E-state index in [-0.39, 0.29) is 34.6 Å². The fraction of sp³-hybridized carbons (Fsp3) is 0.179. The standard InChI is InChI=1S/C28H26ClN3O4/c1-4-35-25-15-20(13-21(16-30)28(34)32-24-12-8-9-18(2)19(24)3)14-23(29)27(25)36-17-26(33)31-22-10-6-5-7-11-22/h5-15H,4,17H2,1-3H3,(H,31,33)(H,32,34)/b21-13+. The Kier molecular flexibility index (Phi) is 9.09. The van der Waals surface area contributed by atoms with Crippen LogP contribution in [0.5, 0.6) is 11.5 Å². The second kappa shape index (κ2) is 12.4. The number of hydrogen-bond acceptors (Lipinski definition) is 5. The molecular weight excluding hydrogens is 478 g/mol. The van der Waals surface area contributed by atoms with E-state index in [0.717, 1.165) is 11.1 Å². The molecule has 3 aromatic rings. The van der Waals surface area contributed by atoms with Gasteiger partial charge in [-0.3, -0.25) is 9.59 Å². The van der Waals surface area contributed by atoms with Crippen LogP contribution < -0.4 is 20.1 Å². The normalized spacial score (nSPS) is 10.8. The molecule has 0 saturated heterocycles. The lowest BCUT2D eigenvalue weighted by atomic mass is 10.1. The molecular formula is C28H26ClN3O4. The summed E-state index contributed by atoms with van der Waals surface area (Å²) in [6.45, 7) is 5.66. The van der Waals surface area contributed by atoms with Gasteiger partial charge in [-0.1, -0.05) is 41.9 Å². The molecule has 0 aliphatic rings. The topological polar surface area (TPSA) is 100 Å². The van der Waals surface area contributed by atoms with E-state index in [1.165, 1.54) is 12.1 Å². The number of nitrogens with one attached hydrogen (secondary N) is 2. The first-order valence-corrected chi connectivity index (χ1v) is 11.6. The van der Waals surface area contributed by atoms with Crippen molar-refractivity contribution in [3.8, 4) is 17.6 Å². The molecule has 2 N–H and O–H groups in total. The zero-order valence-corrected chi connectivity index (χ0v) is 21.0. The van der Waals surface area contributed by atoms with E-state index in [9.17, 15) is 14.9 Å². The van der Waals surface area contributed by atoms with Crippen molar-refractivity contribution in [3.05, 3.63) is 87.9 Å². The number of nitrogens with zero attached hydrogens (tertiary/aromatic N) is 1. The van der Waals surface area contributed by atoms with Gasteiger partial charge in [0.1, 0.15) is 11.6 Å². The summed E-state index contributed by atoms with van der Waals surface area (Å²) in [4.78, 5) is 25.0. The number of rotatable bonds is 9. The highest BCUT2D eigenvalue weighted by Gasteiger charge is 2.16. The number of benzene rings is 3. The molecule has 0 radical (unpaired) electrons. The van der Waals surface area contributed by atoms with Crippen LogP contribution in [0.4, 0.5) is 11.4 Å². The molecule has 0 aromatic heterocycles. The Morgan fingerprint density at radius 2 is 1.78 bits per heavy atom. The molecule has 184 valence electrons. The van der Waals surface area contributed by atoms with Crippen molar-refractivity contribution in [2.45, 2.75) is 20.8 Å². The van der Waals surface area contributed by atoms with Crippen molar-refractivity contribution >= 4 is 40.9 Å². The minimum Gasteiger partial charge on any atom is -0.490 e. The molecule has 0 saturated carbocycles. The van der Waals surface area contributed by atoms with Gasteiger partial charge in [0, 0.05) is 11.4 Å². The van der Waals surface area contributed by atoms with Crippen LogP contribution in [0.2, 0.25) is 5.02 Å². The highest BCUT2D eigenvalue weighted by Crippen LogP contribution is 2.37. The number of amides is 2. The van der Waals surface area contributed by atoms with Crippen molar-refractivity contribution < 1.29 is 19.1 Å². The number of carbonyl (C=O) groups is 2. The maximum absolute atomic E-state index is 12.8. The Balaban J connectivity index is 1.79. The Hall–Kier alpha value is -4.28. The zero-order chi connectivity index (χ0) is 26.1. The lowest BCUT2D eigenvalue weighted by molar-refractivity contribution is -0.118. The van der Waals surface area contributed by atoms with E-state index in [1.807, 2.05) is 50.2 Å².